The van der Waals surface area contributed by atoms with Gasteiger partial charge in [-0.15, -0.1) is 0 Å². The fourth-order valence-electron chi connectivity index (χ4n) is 2.34. The predicted molar refractivity (Wildman–Crippen MR) is 87.5 cm³/mol. The summed E-state index contributed by atoms with van der Waals surface area (Å²) in [6.45, 7) is 1.73. The van der Waals surface area contributed by atoms with Gasteiger partial charge in [0.2, 0.25) is 10.0 Å². The van der Waals surface area contributed by atoms with Crippen molar-refractivity contribution in [3.05, 3.63) is 26.7 Å². The van der Waals surface area contributed by atoms with E-state index in [0.29, 0.717) is 17.6 Å². The van der Waals surface area contributed by atoms with Crippen molar-refractivity contribution in [1.29, 1.82) is 0 Å². The lowest BCUT2D eigenvalue weighted by Gasteiger charge is -2.27. The molecule has 0 aromatic heterocycles. The maximum atomic E-state index is 12.7. The van der Waals surface area contributed by atoms with Crippen LogP contribution in [0.15, 0.2) is 21.5 Å². The van der Waals surface area contributed by atoms with E-state index in [1.807, 2.05) is 0 Å². The Morgan fingerprint density at radius 3 is 2.52 bits per heavy atom. The monoisotopic (exact) mass is 415 g/mol. The summed E-state index contributed by atoms with van der Waals surface area (Å²) in [4.78, 5) is -0.0479. The molecule has 1 aromatic rings. The lowest BCUT2D eigenvalue weighted by molar-refractivity contribution is 0.0495. The summed E-state index contributed by atoms with van der Waals surface area (Å²) in [7, 11) is -2.18. The summed E-state index contributed by atoms with van der Waals surface area (Å²) >= 11 is 15.4. The van der Waals surface area contributed by atoms with Crippen LogP contribution < -0.4 is 0 Å². The SMILES string of the molecule is CN(CC1CCCOC1)S(=O)(=O)c1c(Cl)cc(Br)cc1Cl. The molecule has 1 fully saturated rings. The van der Waals surface area contributed by atoms with Crippen LogP contribution in [-0.2, 0) is 14.8 Å². The van der Waals surface area contributed by atoms with E-state index in [2.05, 4.69) is 15.9 Å². The van der Waals surface area contributed by atoms with Crippen LogP contribution in [0.1, 0.15) is 12.8 Å². The van der Waals surface area contributed by atoms with Crippen molar-refractivity contribution in [2.75, 3.05) is 26.8 Å². The Bertz CT molecular complexity index is 595. The molecule has 0 spiro atoms. The highest BCUT2D eigenvalue weighted by Gasteiger charge is 2.29. The van der Waals surface area contributed by atoms with Gasteiger partial charge >= 0.3 is 0 Å². The molecule has 1 unspecified atom stereocenters. The van der Waals surface area contributed by atoms with Gasteiger partial charge in [-0.1, -0.05) is 39.1 Å². The molecule has 2 rings (SSSR count). The Labute approximate surface area is 143 Å². The van der Waals surface area contributed by atoms with Crippen molar-refractivity contribution in [3.63, 3.8) is 0 Å². The normalized spacial score (nSPS) is 20.0. The van der Waals surface area contributed by atoms with E-state index in [4.69, 9.17) is 27.9 Å². The van der Waals surface area contributed by atoms with Crippen LogP contribution in [0.3, 0.4) is 0 Å². The van der Waals surface area contributed by atoms with Crippen molar-refractivity contribution in [2.45, 2.75) is 17.7 Å². The first-order chi connectivity index (χ1) is 9.82. The average molecular weight is 417 g/mol. The van der Waals surface area contributed by atoms with Crippen LogP contribution in [0.25, 0.3) is 0 Å². The third kappa shape index (κ3) is 4.12. The second-order valence-corrected chi connectivity index (χ2v) is 8.78. The van der Waals surface area contributed by atoms with Gasteiger partial charge in [-0.25, -0.2) is 12.7 Å². The van der Waals surface area contributed by atoms with Crippen LogP contribution in [0.5, 0.6) is 0 Å². The summed E-state index contributed by atoms with van der Waals surface area (Å²) in [5, 5.41) is 0.224. The minimum atomic E-state index is -3.72. The molecule has 1 aliphatic rings. The first kappa shape index (κ1) is 17.5. The van der Waals surface area contributed by atoms with Gasteiger partial charge in [-0.05, 0) is 30.9 Å². The molecule has 0 radical (unpaired) electrons. The van der Waals surface area contributed by atoms with Gasteiger partial charge in [0.05, 0.1) is 16.7 Å². The Hall–Kier alpha value is 0.150. The van der Waals surface area contributed by atoms with Gasteiger partial charge in [-0.3, -0.25) is 0 Å². The molecule has 1 saturated heterocycles. The van der Waals surface area contributed by atoms with Crippen LogP contribution >= 0.6 is 39.1 Å². The van der Waals surface area contributed by atoms with Gasteiger partial charge in [0.25, 0.3) is 0 Å². The molecule has 8 heteroatoms. The van der Waals surface area contributed by atoms with Crippen LogP contribution in [0, 0.1) is 5.92 Å². The quantitative estimate of drug-likeness (QED) is 0.749. The first-order valence-corrected chi connectivity index (χ1v) is 9.50. The van der Waals surface area contributed by atoms with Crippen LogP contribution in [-0.4, -0.2) is 39.5 Å². The van der Waals surface area contributed by atoms with Crippen LogP contribution in [0.4, 0.5) is 0 Å². The van der Waals surface area contributed by atoms with E-state index in [1.165, 1.54) is 16.4 Å². The van der Waals surface area contributed by atoms with E-state index in [0.717, 1.165) is 19.4 Å². The van der Waals surface area contributed by atoms with E-state index >= 15 is 0 Å². The third-order valence-electron chi connectivity index (χ3n) is 3.40. The molecule has 0 amide bonds. The van der Waals surface area contributed by atoms with E-state index < -0.39 is 10.0 Å². The number of nitrogens with zero attached hydrogens (tertiary/aromatic N) is 1. The molecule has 21 heavy (non-hydrogen) atoms. The maximum absolute atomic E-state index is 12.7. The molecule has 118 valence electrons. The molecule has 0 saturated carbocycles. The summed E-state index contributed by atoms with van der Waals surface area (Å²) < 4.78 is 32.6. The first-order valence-electron chi connectivity index (χ1n) is 6.51. The lowest BCUT2D eigenvalue weighted by atomic mass is 10.0. The fraction of sp³-hybridized carbons (Fsp3) is 0.538. The lowest BCUT2D eigenvalue weighted by Crippen LogP contribution is -2.35. The number of hydrogen-bond acceptors (Lipinski definition) is 3. The minimum absolute atomic E-state index is 0.0479. The molecule has 4 nitrogen and oxygen atoms in total. The topological polar surface area (TPSA) is 46.6 Å². The maximum Gasteiger partial charge on any atom is 0.245 e. The molecular formula is C13H16BrCl2NO3S. The van der Waals surface area contributed by atoms with Gasteiger partial charge in [0, 0.05) is 24.7 Å². The molecule has 1 aliphatic heterocycles. The number of halogens is 3. The summed E-state index contributed by atoms with van der Waals surface area (Å²) in [6, 6.07) is 3.05. The molecule has 0 bridgehead atoms. The fourth-order valence-corrected chi connectivity index (χ4v) is 5.47. The van der Waals surface area contributed by atoms with Crippen molar-refractivity contribution >= 4 is 49.2 Å². The second-order valence-electron chi connectivity index (χ2n) is 5.07. The Kier molecular flexibility index (Phi) is 5.96. The zero-order valence-electron chi connectivity index (χ0n) is 11.5. The molecular weight excluding hydrogens is 401 g/mol. The number of ether oxygens (including phenoxy) is 1. The van der Waals surface area contributed by atoms with Crippen molar-refractivity contribution in [3.8, 4) is 0 Å². The highest BCUT2D eigenvalue weighted by Crippen LogP contribution is 2.34. The third-order valence-corrected chi connectivity index (χ3v) is 6.60. The van der Waals surface area contributed by atoms with Crippen molar-refractivity contribution in [2.24, 2.45) is 5.92 Å². The van der Waals surface area contributed by atoms with Gasteiger partial charge in [-0.2, -0.15) is 0 Å². The van der Waals surface area contributed by atoms with E-state index in [-0.39, 0.29) is 20.9 Å². The molecule has 0 aliphatic carbocycles. The Morgan fingerprint density at radius 1 is 1.38 bits per heavy atom. The van der Waals surface area contributed by atoms with E-state index in [1.54, 1.807) is 7.05 Å². The Balaban J connectivity index is 2.24. The smallest absolute Gasteiger partial charge is 0.245 e. The van der Waals surface area contributed by atoms with Crippen molar-refractivity contribution in [1.82, 2.24) is 4.31 Å². The van der Waals surface area contributed by atoms with Crippen LogP contribution in [0.2, 0.25) is 10.0 Å². The van der Waals surface area contributed by atoms with Gasteiger partial charge in [0.15, 0.2) is 0 Å². The summed E-state index contributed by atoms with van der Waals surface area (Å²) in [5.74, 6) is 0.200. The number of hydrogen-bond donors (Lipinski definition) is 0. The highest BCUT2D eigenvalue weighted by atomic mass is 79.9. The van der Waals surface area contributed by atoms with Crippen molar-refractivity contribution < 1.29 is 13.2 Å². The van der Waals surface area contributed by atoms with E-state index in [9.17, 15) is 8.42 Å². The highest BCUT2D eigenvalue weighted by molar-refractivity contribution is 9.10. The largest absolute Gasteiger partial charge is 0.381 e. The molecule has 0 N–H and O–H groups in total. The molecule has 1 heterocycles. The van der Waals surface area contributed by atoms with Gasteiger partial charge in [0.1, 0.15) is 4.90 Å². The standard InChI is InChI=1S/C13H16BrCl2NO3S/c1-17(7-9-3-2-4-20-8-9)21(18,19)13-11(15)5-10(14)6-12(13)16/h5-6,9H,2-4,7-8H2,1H3. The average Bonchev–Trinajstić information content (AvgIpc) is 2.38. The predicted octanol–water partition coefficient (Wildman–Crippen LogP) is 3.80. The Morgan fingerprint density at radius 2 is 2.00 bits per heavy atom. The number of benzene rings is 1. The summed E-state index contributed by atoms with van der Waals surface area (Å²) in [5.41, 5.74) is 0. The second kappa shape index (κ2) is 7.15. The minimum Gasteiger partial charge on any atom is -0.381 e. The molecule has 1 atom stereocenters. The van der Waals surface area contributed by atoms with Gasteiger partial charge < -0.3 is 4.74 Å². The summed E-state index contributed by atoms with van der Waals surface area (Å²) in [6.07, 6.45) is 1.92. The number of sulfonamides is 1. The number of rotatable bonds is 4. The molecule has 1 aromatic carbocycles. The zero-order chi connectivity index (χ0) is 15.6. The zero-order valence-corrected chi connectivity index (χ0v) is 15.4.